The van der Waals surface area contributed by atoms with Crippen LogP contribution in [-0.4, -0.2) is 37.8 Å². The fourth-order valence-electron chi connectivity index (χ4n) is 3.68. The van der Waals surface area contributed by atoms with Crippen LogP contribution in [0.25, 0.3) is 11.2 Å². The number of nitrogens with zero attached hydrogens (tertiary/aromatic N) is 4. The molecule has 1 amide bonds. The van der Waals surface area contributed by atoms with Crippen LogP contribution in [-0.2, 0) is 17.8 Å². The third kappa shape index (κ3) is 5.68. The van der Waals surface area contributed by atoms with Gasteiger partial charge in [-0.3, -0.25) is 14.2 Å². The van der Waals surface area contributed by atoms with Crippen molar-refractivity contribution in [1.29, 1.82) is 0 Å². The SMILES string of the molecule is CCC(Sc1nc2nccnc2c(=O)n1CCc1ccccc1)C(=O)Nc1cc(C)ccc1OC. The standard InChI is InChI=1S/C26H27N5O3S/c1-4-21(24(32)29-19-16-17(2)10-11-20(19)34-3)35-26-30-23-22(27-13-14-28-23)25(33)31(26)15-12-18-8-6-5-7-9-18/h5-11,13-14,16,21H,4,12,15H2,1-3H3,(H,29,32). The quantitative estimate of drug-likeness (QED) is 0.277. The van der Waals surface area contributed by atoms with Crippen molar-refractivity contribution in [3.63, 3.8) is 0 Å². The number of ether oxygens (including phenoxy) is 1. The van der Waals surface area contributed by atoms with E-state index >= 15 is 0 Å². The minimum atomic E-state index is -0.482. The van der Waals surface area contributed by atoms with Crippen molar-refractivity contribution in [3.8, 4) is 5.75 Å². The van der Waals surface area contributed by atoms with Crippen LogP contribution in [0.4, 0.5) is 5.69 Å². The van der Waals surface area contributed by atoms with E-state index in [-0.39, 0.29) is 22.6 Å². The lowest BCUT2D eigenvalue weighted by Crippen LogP contribution is -2.29. The number of hydrogen-bond acceptors (Lipinski definition) is 7. The van der Waals surface area contributed by atoms with E-state index < -0.39 is 5.25 Å². The van der Waals surface area contributed by atoms with Gasteiger partial charge in [0.05, 0.1) is 18.0 Å². The van der Waals surface area contributed by atoms with Crippen LogP contribution in [0.2, 0.25) is 0 Å². The second kappa shape index (κ2) is 11.1. The molecule has 0 aliphatic rings. The summed E-state index contributed by atoms with van der Waals surface area (Å²) in [5.41, 5.74) is 2.93. The van der Waals surface area contributed by atoms with E-state index in [1.807, 2.05) is 62.4 Å². The Morgan fingerprint density at radius 3 is 2.66 bits per heavy atom. The summed E-state index contributed by atoms with van der Waals surface area (Å²) in [6, 6.07) is 15.5. The maximum atomic E-state index is 13.3. The molecule has 0 aliphatic heterocycles. The average molecular weight is 490 g/mol. The lowest BCUT2D eigenvalue weighted by Gasteiger charge is -2.18. The summed E-state index contributed by atoms with van der Waals surface area (Å²) in [6.45, 7) is 4.29. The molecule has 0 saturated carbocycles. The minimum absolute atomic E-state index is 0.190. The molecule has 1 unspecified atom stereocenters. The predicted molar refractivity (Wildman–Crippen MR) is 138 cm³/mol. The number of carbonyl (C=O) groups is 1. The van der Waals surface area contributed by atoms with E-state index in [1.165, 1.54) is 24.2 Å². The molecule has 4 aromatic rings. The molecule has 8 nitrogen and oxygen atoms in total. The van der Waals surface area contributed by atoms with Gasteiger partial charge in [0.2, 0.25) is 5.91 Å². The fraction of sp³-hybridized carbons (Fsp3) is 0.269. The third-order valence-electron chi connectivity index (χ3n) is 5.55. The molecule has 2 heterocycles. The summed E-state index contributed by atoms with van der Waals surface area (Å²) in [7, 11) is 1.57. The van der Waals surface area contributed by atoms with Crippen LogP contribution in [0, 0.1) is 6.92 Å². The van der Waals surface area contributed by atoms with Gasteiger partial charge in [-0.2, -0.15) is 0 Å². The van der Waals surface area contributed by atoms with Gasteiger partial charge >= 0.3 is 0 Å². The number of aromatic nitrogens is 4. The molecule has 4 rings (SSSR count). The zero-order valence-electron chi connectivity index (χ0n) is 19.9. The molecule has 0 bridgehead atoms. The van der Waals surface area contributed by atoms with Crippen molar-refractivity contribution in [2.45, 2.75) is 43.6 Å². The van der Waals surface area contributed by atoms with Crippen LogP contribution in [0.5, 0.6) is 5.75 Å². The lowest BCUT2D eigenvalue weighted by atomic mass is 10.1. The Balaban J connectivity index is 1.64. The smallest absolute Gasteiger partial charge is 0.282 e. The normalized spacial score (nSPS) is 11.9. The van der Waals surface area contributed by atoms with E-state index in [4.69, 9.17) is 4.74 Å². The van der Waals surface area contributed by atoms with Crippen LogP contribution in [0.1, 0.15) is 24.5 Å². The highest BCUT2D eigenvalue weighted by Crippen LogP contribution is 2.29. The highest BCUT2D eigenvalue weighted by Gasteiger charge is 2.23. The Morgan fingerprint density at radius 1 is 1.14 bits per heavy atom. The number of hydrogen-bond donors (Lipinski definition) is 1. The first-order chi connectivity index (χ1) is 17.0. The van der Waals surface area contributed by atoms with Gasteiger partial charge in [0.1, 0.15) is 5.75 Å². The number of anilines is 1. The highest BCUT2D eigenvalue weighted by atomic mass is 32.2. The average Bonchev–Trinajstić information content (AvgIpc) is 2.87. The van der Waals surface area contributed by atoms with Gasteiger partial charge in [-0.05, 0) is 43.0 Å². The van der Waals surface area contributed by atoms with Gasteiger partial charge in [-0.1, -0.05) is 55.1 Å². The van der Waals surface area contributed by atoms with Gasteiger partial charge in [0, 0.05) is 18.9 Å². The molecule has 2 aromatic carbocycles. The van der Waals surface area contributed by atoms with E-state index in [9.17, 15) is 9.59 Å². The molecule has 0 radical (unpaired) electrons. The Hall–Kier alpha value is -3.72. The van der Waals surface area contributed by atoms with Crippen molar-refractivity contribution in [2.75, 3.05) is 12.4 Å². The fourth-order valence-corrected chi connectivity index (χ4v) is 4.71. The summed E-state index contributed by atoms with van der Waals surface area (Å²) in [4.78, 5) is 39.6. The van der Waals surface area contributed by atoms with E-state index in [1.54, 1.807) is 11.7 Å². The lowest BCUT2D eigenvalue weighted by molar-refractivity contribution is -0.115. The number of aryl methyl sites for hydroxylation is 2. The van der Waals surface area contributed by atoms with Gasteiger partial charge in [0.25, 0.3) is 5.56 Å². The number of methoxy groups -OCH3 is 1. The Morgan fingerprint density at radius 2 is 1.91 bits per heavy atom. The molecule has 0 aliphatic carbocycles. The Kier molecular flexibility index (Phi) is 7.77. The van der Waals surface area contributed by atoms with Crippen LogP contribution < -0.4 is 15.6 Å². The van der Waals surface area contributed by atoms with Crippen molar-refractivity contribution in [1.82, 2.24) is 19.5 Å². The summed E-state index contributed by atoms with van der Waals surface area (Å²) in [5.74, 6) is 0.396. The van der Waals surface area contributed by atoms with Crippen molar-refractivity contribution in [2.24, 2.45) is 0 Å². The topological polar surface area (TPSA) is 99.0 Å². The third-order valence-corrected chi connectivity index (χ3v) is 6.90. The number of amides is 1. The maximum Gasteiger partial charge on any atom is 0.282 e. The van der Waals surface area contributed by atoms with Crippen molar-refractivity contribution >= 4 is 34.5 Å². The minimum Gasteiger partial charge on any atom is -0.495 e. The van der Waals surface area contributed by atoms with Crippen LogP contribution in [0.3, 0.4) is 0 Å². The number of carbonyl (C=O) groups excluding carboxylic acids is 1. The predicted octanol–water partition coefficient (Wildman–Crippen LogP) is 4.26. The molecule has 35 heavy (non-hydrogen) atoms. The second-order valence-electron chi connectivity index (χ2n) is 8.02. The number of benzene rings is 2. The van der Waals surface area contributed by atoms with E-state index in [0.717, 1.165) is 11.1 Å². The zero-order chi connectivity index (χ0) is 24.8. The Labute approximate surface area is 207 Å². The largest absolute Gasteiger partial charge is 0.495 e. The summed E-state index contributed by atoms with van der Waals surface area (Å²) < 4.78 is 6.99. The first kappa shape index (κ1) is 24.4. The molecule has 2 aromatic heterocycles. The number of rotatable bonds is 9. The van der Waals surface area contributed by atoms with Crippen LogP contribution in [0.15, 0.2) is 70.9 Å². The van der Waals surface area contributed by atoms with Crippen molar-refractivity contribution < 1.29 is 9.53 Å². The van der Waals surface area contributed by atoms with Gasteiger partial charge in [-0.15, -0.1) is 0 Å². The van der Waals surface area contributed by atoms with Crippen LogP contribution >= 0.6 is 11.8 Å². The second-order valence-corrected chi connectivity index (χ2v) is 9.19. The molecule has 1 N–H and O–H groups in total. The number of thioether (sulfide) groups is 1. The molecule has 0 spiro atoms. The number of nitrogens with one attached hydrogen (secondary N) is 1. The molecule has 0 fully saturated rings. The first-order valence-corrected chi connectivity index (χ1v) is 12.3. The van der Waals surface area contributed by atoms with Gasteiger partial charge < -0.3 is 10.1 Å². The molecule has 1 atom stereocenters. The molecular weight excluding hydrogens is 462 g/mol. The van der Waals surface area contributed by atoms with Gasteiger partial charge in [0.15, 0.2) is 16.3 Å². The van der Waals surface area contributed by atoms with Gasteiger partial charge in [-0.25, -0.2) is 15.0 Å². The number of fused-ring (bicyclic) bond motifs is 1. The molecule has 180 valence electrons. The monoisotopic (exact) mass is 489 g/mol. The summed E-state index contributed by atoms with van der Waals surface area (Å²) in [5, 5.41) is 2.93. The van der Waals surface area contributed by atoms with E-state index in [2.05, 4.69) is 20.3 Å². The molecule has 9 heteroatoms. The summed E-state index contributed by atoms with van der Waals surface area (Å²) in [6.07, 6.45) is 4.17. The molecular formula is C26H27N5O3S. The highest BCUT2D eigenvalue weighted by molar-refractivity contribution is 8.00. The molecule has 0 saturated heterocycles. The maximum absolute atomic E-state index is 13.3. The first-order valence-electron chi connectivity index (χ1n) is 11.4. The zero-order valence-corrected chi connectivity index (χ0v) is 20.7. The van der Waals surface area contributed by atoms with Crippen molar-refractivity contribution in [3.05, 3.63) is 82.4 Å². The Bertz CT molecular complexity index is 1390. The van der Waals surface area contributed by atoms with E-state index in [0.29, 0.717) is 36.0 Å². The summed E-state index contributed by atoms with van der Waals surface area (Å²) >= 11 is 1.26.